The van der Waals surface area contributed by atoms with E-state index in [-0.39, 0.29) is 17.9 Å². The molecular formula is C22H26N2O3. The number of nitrogens with zero attached hydrogens (tertiary/aromatic N) is 1. The Labute approximate surface area is 160 Å². The third kappa shape index (κ3) is 5.41. The van der Waals surface area contributed by atoms with Crippen LogP contribution in [0.15, 0.2) is 54.6 Å². The van der Waals surface area contributed by atoms with Crippen molar-refractivity contribution in [2.75, 3.05) is 6.54 Å². The number of amides is 2. The molecule has 0 aromatic heterocycles. The Morgan fingerprint density at radius 3 is 2.52 bits per heavy atom. The topological polar surface area (TPSA) is 58.6 Å². The molecule has 1 aliphatic heterocycles. The summed E-state index contributed by atoms with van der Waals surface area (Å²) in [6.45, 7) is 3.74. The Morgan fingerprint density at radius 1 is 1.04 bits per heavy atom. The zero-order chi connectivity index (χ0) is 19.1. The highest BCUT2D eigenvalue weighted by Crippen LogP contribution is 2.17. The summed E-state index contributed by atoms with van der Waals surface area (Å²) < 4.78 is 5.78. The van der Waals surface area contributed by atoms with Gasteiger partial charge in [0.05, 0.1) is 13.2 Å². The van der Waals surface area contributed by atoms with Crippen LogP contribution in [0.1, 0.15) is 36.5 Å². The van der Waals surface area contributed by atoms with Crippen molar-refractivity contribution in [3.63, 3.8) is 0 Å². The van der Waals surface area contributed by atoms with Crippen molar-refractivity contribution < 1.29 is 14.3 Å². The standard InChI is InChI=1S/C22H26N2O3/c1-17(25)24-12-6-11-21(24)22(26)23-14-19-9-5-10-20(13-19)16-27-15-18-7-3-2-4-8-18/h2-5,7-10,13,21H,6,11-12,14-16H2,1H3,(H,23,26). The van der Waals surface area contributed by atoms with Crippen LogP contribution >= 0.6 is 0 Å². The van der Waals surface area contributed by atoms with E-state index in [0.717, 1.165) is 29.5 Å². The summed E-state index contributed by atoms with van der Waals surface area (Å²) in [6, 6.07) is 17.8. The normalized spacial score (nSPS) is 16.3. The Balaban J connectivity index is 1.48. The number of carbonyl (C=O) groups is 2. The first-order valence-electron chi connectivity index (χ1n) is 9.38. The monoisotopic (exact) mass is 366 g/mol. The van der Waals surface area contributed by atoms with Crippen molar-refractivity contribution in [3.05, 3.63) is 71.3 Å². The van der Waals surface area contributed by atoms with Crippen molar-refractivity contribution in [1.82, 2.24) is 10.2 Å². The quantitative estimate of drug-likeness (QED) is 0.819. The predicted molar refractivity (Wildman–Crippen MR) is 104 cm³/mol. The average molecular weight is 366 g/mol. The van der Waals surface area contributed by atoms with Gasteiger partial charge < -0.3 is 15.0 Å². The van der Waals surface area contributed by atoms with Crippen LogP contribution in [0.4, 0.5) is 0 Å². The Bertz CT molecular complexity index is 776. The fourth-order valence-corrected chi connectivity index (χ4v) is 3.41. The molecule has 1 heterocycles. The minimum atomic E-state index is -0.333. The van der Waals surface area contributed by atoms with Gasteiger partial charge in [-0.2, -0.15) is 0 Å². The Hall–Kier alpha value is -2.66. The van der Waals surface area contributed by atoms with Gasteiger partial charge in [-0.05, 0) is 29.5 Å². The molecule has 27 heavy (non-hydrogen) atoms. The van der Waals surface area contributed by atoms with Crippen LogP contribution in [-0.2, 0) is 34.1 Å². The van der Waals surface area contributed by atoms with Gasteiger partial charge in [0, 0.05) is 20.0 Å². The van der Waals surface area contributed by atoms with Gasteiger partial charge in [0.15, 0.2) is 0 Å². The number of benzene rings is 2. The third-order valence-corrected chi connectivity index (χ3v) is 4.80. The van der Waals surface area contributed by atoms with E-state index in [1.165, 1.54) is 6.92 Å². The van der Waals surface area contributed by atoms with E-state index < -0.39 is 0 Å². The summed E-state index contributed by atoms with van der Waals surface area (Å²) in [5.41, 5.74) is 3.24. The lowest BCUT2D eigenvalue weighted by Gasteiger charge is -2.22. The first-order valence-corrected chi connectivity index (χ1v) is 9.38. The van der Waals surface area contributed by atoms with Crippen LogP contribution in [0.25, 0.3) is 0 Å². The molecule has 1 N–H and O–H groups in total. The number of likely N-dealkylation sites (tertiary alicyclic amines) is 1. The van der Waals surface area contributed by atoms with Gasteiger partial charge in [-0.3, -0.25) is 9.59 Å². The molecule has 1 unspecified atom stereocenters. The molecule has 1 aliphatic rings. The molecule has 1 fully saturated rings. The summed E-state index contributed by atoms with van der Waals surface area (Å²) >= 11 is 0. The molecule has 0 spiro atoms. The summed E-state index contributed by atoms with van der Waals surface area (Å²) in [4.78, 5) is 25.7. The fourth-order valence-electron chi connectivity index (χ4n) is 3.41. The molecule has 0 aliphatic carbocycles. The maximum atomic E-state index is 12.4. The third-order valence-electron chi connectivity index (χ3n) is 4.80. The highest BCUT2D eigenvalue weighted by atomic mass is 16.5. The van der Waals surface area contributed by atoms with Crippen LogP contribution in [0.2, 0.25) is 0 Å². The van der Waals surface area contributed by atoms with E-state index in [2.05, 4.69) is 5.32 Å². The molecule has 142 valence electrons. The molecule has 0 bridgehead atoms. The highest BCUT2D eigenvalue weighted by Gasteiger charge is 2.31. The average Bonchev–Trinajstić information content (AvgIpc) is 3.18. The van der Waals surface area contributed by atoms with Gasteiger partial charge in [-0.15, -0.1) is 0 Å². The summed E-state index contributed by atoms with van der Waals surface area (Å²) in [7, 11) is 0. The number of ether oxygens (including phenoxy) is 1. The molecular weight excluding hydrogens is 340 g/mol. The van der Waals surface area contributed by atoms with Crippen LogP contribution in [0, 0.1) is 0 Å². The molecule has 1 saturated heterocycles. The molecule has 3 rings (SSSR count). The van der Waals surface area contributed by atoms with Crippen LogP contribution in [0.5, 0.6) is 0 Å². The second-order valence-electron chi connectivity index (χ2n) is 6.89. The maximum absolute atomic E-state index is 12.4. The highest BCUT2D eigenvalue weighted by molar-refractivity contribution is 5.87. The van der Waals surface area contributed by atoms with E-state index in [4.69, 9.17) is 4.74 Å². The lowest BCUT2D eigenvalue weighted by Crippen LogP contribution is -2.44. The molecule has 2 aromatic rings. The number of hydrogen-bond donors (Lipinski definition) is 1. The first-order chi connectivity index (χ1) is 13.1. The van der Waals surface area contributed by atoms with Gasteiger partial charge >= 0.3 is 0 Å². The largest absolute Gasteiger partial charge is 0.372 e. The maximum Gasteiger partial charge on any atom is 0.243 e. The lowest BCUT2D eigenvalue weighted by atomic mass is 10.1. The Kier molecular flexibility index (Phi) is 6.60. The van der Waals surface area contributed by atoms with Crippen LogP contribution in [-0.4, -0.2) is 29.3 Å². The van der Waals surface area contributed by atoms with Crippen molar-refractivity contribution in [2.24, 2.45) is 0 Å². The minimum Gasteiger partial charge on any atom is -0.372 e. The van der Waals surface area contributed by atoms with Crippen molar-refractivity contribution in [3.8, 4) is 0 Å². The molecule has 2 amide bonds. The lowest BCUT2D eigenvalue weighted by molar-refractivity contribution is -0.136. The molecule has 1 atom stereocenters. The van der Waals surface area contributed by atoms with Crippen LogP contribution in [0.3, 0.4) is 0 Å². The van der Waals surface area contributed by atoms with E-state index in [1.807, 2.05) is 54.6 Å². The Morgan fingerprint density at radius 2 is 1.74 bits per heavy atom. The van der Waals surface area contributed by atoms with Crippen LogP contribution < -0.4 is 5.32 Å². The van der Waals surface area contributed by atoms with E-state index >= 15 is 0 Å². The summed E-state index contributed by atoms with van der Waals surface area (Å²) in [6.07, 6.45) is 1.62. The van der Waals surface area contributed by atoms with Crippen molar-refractivity contribution >= 4 is 11.8 Å². The molecule has 0 radical (unpaired) electrons. The second-order valence-corrected chi connectivity index (χ2v) is 6.89. The SMILES string of the molecule is CC(=O)N1CCCC1C(=O)NCc1cccc(COCc2ccccc2)c1. The molecule has 5 heteroatoms. The second kappa shape index (κ2) is 9.33. The zero-order valence-corrected chi connectivity index (χ0v) is 15.7. The van der Waals surface area contributed by atoms with Gasteiger partial charge in [0.1, 0.15) is 6.04 Å². The van der Waals surface area contributed by atoms with Gasteiger partial charge in [-0.1, -0.05) is 54.6 Å². The van der Waals surface area contributed by atoms with E-state index in [9.17, 15) is 9.59 Å². The molecule has 0 saturated carbocycles. The predicted octanol–water partition coefficient (Wildman–Crippen LogP) is 3.03. The first kappa shape index (κ1) is 19.1. The molecule has 2 aromatic carbocycles. The zero-order valence-electron chi connectivity index (χ0n) is 15.7. The molecule has 5 nitrogen and oxygen atoms in total. The number of carbonyl (C=O) groups excluding carboxylic acids is 2. The van der Waals surface area contributed by atoms with E-state index in [0.29, 0.717) is 26.3 Å². The van der Waals surface area contributed by atoms with Gasteiger partial charge in [-0.25, -0.2) is 0 Å². The number of nitrogens with one attached hydrogen (secondary N) is 1. The smallest absolute Gasteiger partial charge is 0.243 e. The summed E-state index contributed by atoms with van der Waals surface area (Å²) in [5.74, 6) is -0.112. The van der Waals surface area contributed by atoms with Gasteiger partial charge in [0.2, 0.25) is 11.8 Å². The number of rotatable bonds is 7. The van der Waals surface area contributed by atoms with Crippen molar-refractivity contribution in [1.29, 1.82) is 0 Å². The fraction of sp³-hybridized carbons (Fsp3) is 0.364. The minimum absolute atomic E-state index is 0.0368. The van der Waals surface area contributed by atoms with Crippen molar-refractivity contribution in [2.45, 2.75) is 45.6 Å². The number of hydrogen-bond acceptors (Lipinski definition) is 3. The van der Waals surface area contributed by atoms with E-state index in [1.54, 1.807) is 4.90 Å². The van der Waals surface area contributed by atoms with Gasteiger partial charge in [0.25, 0.3) is 0 Å². The summed E-state index contributed by atoms with van der Waals surface area (Å²) in [5, 5.41) is 2.96.